The molecule has 4 aliphatic rings. The van der Waals surface area contributed by atoms with Crippen LogP contribution in [0.25, 0.3) is 0 Å². The summed E-state index contributed by atoms with van der Waals surface area (Å²) in [5.74, 6) is -1.58. The molecule has 1 aliphatic heterocycles. The highest BCUT2D eigenvalue weighted by Gasteiger charge is 2.73. The third-order valence-corrected chi connectivity index (χ3v) is 6.52. The first kappa shape index (κ1) is 21.1. The van der Waals surface area contributed by atoms with Gasteiger partial charge < -0.3 is 10.2 Å². The molecular weight excluding hydrogens is 418 g/mol. The van der Waals surface area contributed by atoms with Crippen molar-refractivity contribution in [3.05, 3.63) is 17.8 Å². The number of carbonyl (C=O) groups is 1. The average molecular weight is 438 g/mol. The highest BCUT2D eigenvalue weighted by molar-refractivity contribution is 5.85. The van der Waals surface area contributed by atoms with Crippen LogP contribution in [-0.2, 0) is 14.9 Å². The molecule has 1 aromatic heterocycles. The van der Waals surface area contributed by atoms with Gasteiger partial charge in [0, 0.05) is 17.4 Å². The smallest absolute Gasteiger partial charge is 0.356 e. The first-order valence-electron chi connectivity index (χ1n) is 9.48. The van der Waals surface area contributed by atoms with Crippen molar-refractivity contribution in [2.24, 2.45) is 5.41 Å². The lowest BCUT2D eigenvalue weighted by molar-refractivity contribution is -0.359. The summed E-state index contributed by atoms with van der Waals surface area (Å²) in [7, 11) is 0. The van der Waals surface area contributed by atoms with E-state index >= 15 is 0 Å². The summed E-state index contributed by atoms with van der Waals surface area (Å²) in [5, 5.41) is 2.62. The molecule has 2 heterocycles. The van der Waals surface area contributed by atoms with Crippen LogP contribution in [0.5, 0.6) is 0 Å². The van der Waals surface area contributed by atoms with E-state index in [1.807, 2.05) is 0 Å². The first-order chi connectivity index (χ1) is 13.9. The number of nitrogens with zero attached hydrogens (tertiary/aromatic N) is 3. The molecule has 2 bridgehead atoms. The van der Waals surface area contributed by atoms with Gasteiger partial charge in [-0.1, -0.05) is 0 Å². The molecule has 1 aromatic rings. The summed E-state index contributed by atoms with van der Waals surface area (Å²) < 4.78 is 81.9. The zero-order valence-electron chi connectivity index (χ0n) is 16.1. The number of likely N-dealkylation sites (tertiary alicyclic amines) is 1. The number of carbonyl (C=O) groups excluding carboxylic acids is 1. The second-order valence-electron chi connectivity index (χ2n) is 8.56. The number of aromatic nitrogens is 2. The van der Waals surface area contributed by atoms with Gasteiger partial charge in [-0.3, -0.25) is 9.53 Å². The highest BCUT2D eigenvalue weighted by Crippen LogP contribution is 2.75. The largest absolute Gasteiger partial charge is 0.522 e. The predicted molar refractivity (Wildman–Crippen MR) is 91.1 cm³/mol. The van der Waals surface area contributed by atoms with E-state index in [0.717, 1.165) is 6.33 Å². The lowest BCUT2D eigenvalue weighted by Crippen LogP contribution is -2.68. The molecule has 4 fully saturated rings. The zero-order valence-corrected chi connectivity index (χ0v) is 16.1. The number of rotatable bonds is 6. The van der Waals surface area contributed by atoms with Gasteiger partial charge in [0.1, 0.15) is 18.5 Å². The van der Waals surface area contributed by atoms with Gasteiger partial charge in [0.25, 0.3) is 0 Å². The predicted octanol–water partition coefficient (Wildman–Crippen LogP) is 3.24. The normalized spacial score (nSPS) is 33.4. The molecular formula is C18H20F6N4O2. The number of hydrogen-bond acceptors (Lipinski definition) is 5. The minimum Gasteiger partial charge on any atom is -0.356 e. The van der Waals surface area contributed by atoms with Gasteiger partial charge in [-0.05, 0) is 33.1 Å². The molecule has 0 spiro atoms. The lowest BCUT2D eigenvalue weighted by Gasteiger charge is -2.69. The van der Waals surface area contributed by atoms with Crippen LogP contribution < -0.4 is 5.32 Å². The van der Waals surface area contributed by atoms with Crippen molar-refractivity contribution in [3.63, 3.8) is 0 Å². The van der Waals surface area contributed by atoms with Gasteiger partial charge in [0.15, 0.2) is 11.6 Å². The Balaban J connectivity index is 1.39. The Bertz CT molecular complexity index is 844. The third-order valence-electron chi connectivity index (χ3n) is 6.52. The summed E-state index contributed by atoms with van der Waals surface area (Å²) in [5.41, 5.74) is -1.71. The van der Waals surface area contributed by atoms with E-state index in [1.165, 1.54) is 18.7 Å². The Morgan fingerprint density at radius 3 is 2.47 bits per heavy atom. The highest BCUT2D eigenvalue weighted by atomic mass is 19.4. The molecule has 1 N–H and O–H groups in total. The molecule has 30 heavy (non-hydrogen) atoms. The molecule has 3 aliphatic carbocycles. The molecule has 3 atom stereocenters. The molecule has 0 unspecified atom stereocenters. The zero-order chi connectivity index (χ0) is 22.1. The van der Waals surface area contributed by atoms with E-state index in [-0.39, 0.29) is 37.3 Å². The van der Waals surface area contributed by atoms with E-state index in [0.29, 0.717) is 0 Å². The molecule has 3 saturated carbocycles. The van der Waals surface area contributed by atoms with Crippen molar-refractivity contribution in [1.29, 1.82) is 0 Å². The summed E-state index contributed by atoms with van der Waals surface area (Å²) >= 11 is 0. The maximum atomic E-state index is 14.9. The fourth-order valence-corrected chi connectivity index (χ4v) is 4.88. The first-order valence-corrected chi connectivity index (χ1v) is 9.48. The van der Waals surface area contributed by atoms with Crippen molar-refractivity contribution in [2.45, 2.75) is 69.5 Å². The summed E-state index contributed by atoms with van der Waals surface area (Å²) in [6.07, 6.45) is -6.82. The molecule has 0 aromatic carbocycles. The standard InChI is InChI=1S/C18H20F6N4O2/c1-8(14(29)28-3-10(9(28)2)30-18(22,23)24)27-13-11(19)12(25-7-26-13)16-4-17(5-16,6-16)15(20)21/h7-10,15H,3-6H2,1-2H3,(H,25,26,27)/t8-,9+,10+,16?,17?/m1/s1. The summed E-state index contributed by atoms with van der Waals surface area (Å²) in [4.78, 5) is 21.5. The van der Waals surface area contributed by atoms with E-state index < -0.39 is 53.5 Å². The third kappa shape index (κ3) is 3.19. The van der Waals surface area contributed by atoms with Gasteiger partial charge in [-0.15, -0.1) is 13.2 Å². The Kier molecular flexibility index (Phi) is 4.72. The number of anilines is 1. The molecule has 6 nitrogen and oxygen atoms in total. The van der Waals surface area contributed by atoms with Gasteiger partial charge in [0.05, 0.1) is 11.7 Å². The number of nitrogens with one attached hydrogen (secondary N) is 1. The Hall–Kier alpha value is -2.11. The molecule has 1 saturated heterocycles. The quantitative estimate of drug-likeness (QED) is 0.691. The van der Waals surface area contributed by atoms with E-state index in [4.69, 9.17) is 0 Å². The number of amides is 1. The van der Waals surface area contributed by atoms with Crippen LogP contribution in [0, 0.1) is 11.2 Å². The topological polar surface area (TPSA) is 67.4 Å². The monoisotopic (exact) mass is 438 g/mol. The molecule has 5 rings (SSSR count). The second kappa shape index (κ2) is 6.69. The molecule has 0 radical (unpaired) electrons. The molecule has 1 amide bonds. The number of alkyl halides is 5. The van der Waals surface area contributed by atoms with E-state index in [2.05, 4.69) is 20.0 Å². The van der Waals surface area contributed by atoms with Gasteiger partial charge in [0.2, 0.25) is 12.3 Å². The van der Waals surface area contributed by atoms with Crippen LogP contribution in [0.2, 0.25) is 0 Å². The van der Waals surface area contributed by atoms with Crippen molar-refractivity contribution >= 4 is 11.7 Å². The minimum absolute atomic E-state index is 0.0538. The van der Waals surface area contributed by atoms with Gasteiger partial charge in [-0.2, -0.15) is 0 Å². The van der Waals surface area contributed by atoms with Crippen LogP contribution in [0.1, 0.15) is 38.8 Å². The van der Waals surface area contributed by atoms with Crippen LogP contribution >= 0.6 is 0 Å². The summed E-state index contributed by atoms with van der Waals surface area (Å²) in [6, 6.07) is -1.77. The van der Waals surface area contributed by atoms with E-state index in [9.17, 15) is 31.1 Å². The molecule has 166 valence electrons. The number of halogens is 6. The summed E-state index contributed by atoms with van der Waals surface area (Å²) in [6.45, 7) is 2.62. The maximum Gasteiger partial charge on any atom is 0.522 e. The van der Waals surface area contributed by atoms with Crippen molar-refractivity contribution in [2.75, 3.05) is 11.9 Å². The average Bonchev–Trinajstić information content (AvgIpc) is 2.57. The van der Waals surface area contributed by atoms with Gasteiger partial charge >= 0.3 is 6.36 Å². The fourth-order valence-electron chi connectivity index (χ4n) is 4.88. The van der Waals surface area contributed by atoms with E-state index in [1.54, 1.807) is 0 Å². The lowest BCUT2D eigenvalue weighted by atomic mass is 9.34. The van der Waals surface area contributed by atoms with Crippen LogP contribution in [-0.4, -0.2) is 58.3 Å². The molecule has 12 heteroatoms. The van der Waals surface area contributed by atoms with Crippen LogP contribution in [0.4, 0.5) is 32.2 Å². The van der Waals surface area contributed by atoms with Gasteiger partial charge in [-0.25, -0.2) is 23.1 Å². The fraction of sp³-hybridized carbons (Fsp3) is 0.722. The SMILES string of the molecule is C[C@@H](Nc1ncnc(C23CC(C(F)F)(C2)C3)c1F)C(=O)N1C[C@H](OC(F)(F)F)[C@@H]1C. The van der Waals surface area contributed by atoms with Crippen molar-refractivity contribution < 1.29 is 35.9 Å². The Morgan fingerprint density at radius 1 is 1.30 bits per heavy atom. The number of hydrogen-bond donors (Lipinski definition) is 1. The van der Waals surface area contributed by atoms with Crippen molar-refractivity contribution in [1.82, 2.24) is 14.9 Å². The minimum atomic E-state index is -4.79. The Labute approximate surface area is 168 Å². The second-order valence-corrected chi connectivity index (χ2v) is 8.56. The Morgan fingerprint density at radius 2 is 1.93 bits per heavy atom. The van der Waals surface area contributed by atoms with Crippen LogP contribution in [0.3, 0.4) is 0 Å². The van der Waals surface area contributed by atoms with Crippen molar-refractivity contribution in [3.8, 4) is 0 Å². The van der Waals surface area contributed by atoms with Crippen LogP contribution in [0.15, 0.2) is 6.33 Å². The number of ether oxygens (including phenoxy) is 1. The maximum absolute atomic E-state index is 14.9.